The SMILES string of the molecule is Cc1nccn1CCC(CO)(NC1CC1)c1ccccc1. The molecule has 2 aromatic rings. The molecule has 1 aromatic carbocycles. The Kier molecular flexibility index (Phi) is 4.08. The van der Waals surface area contributed by atoms with Crippen LogP contribution in [-0.4, -0.2) is 27.3 Å². The highest BCUT2D eigenvalue weighted by Gasteiger charge is 2.37. The van der Waals surface area contributed by atoms with Gasteiger partial charge in [0.25, 0.3) is 0 Å². The van der Waals surface area contributed by atoms with Gasteiger partial charge in [-0.2, -0.15) is 0 Å². The normalized spacial score (nSPS) is 17.6. The number of hydrogen-bond acceptors (Lipinski definition) is 3. The minimum atomic E-state index is -0.362. The third kappa shape index (κ3) is 3.17. The van der Waals surface area contributed by atoms with E-state index in [2.05, 4.69) is 27.0 Å². The molecule has 4 heteroatoms. The summed E-state index contributed by atoms with van der Waals surface area (Å²) in [6.07, 6.45) is 7.09. The minimum absolute atomic E-state index is 0.112. The van der Waals surface area contributed by atoms with Gasteiger partial charge in [-0.25, -0.2) is 4.98 Å². The summed E-state index contributed by atoms with van der Waals surface area (Å²) in [7, 11) is 0. The van der Waals surface area contributed by atoms with Crippen molar-refractivity contribution in [1.29, 1.82) is 0 Å². The lowest BCUT2D eigenvalue weighted by molar-refractivity contribution is 0.143. The summed E-state index contributed by atoms with van der Waals surface area (Å²) in [5.74, 6) is 1.02. The molecule has 112 valence electrons. The Morgan fingerprint density at radius 2 is 2.10 bits per heavy atom. The molecule has 1 heterocycles. The van der Waals surface area contributed by atoms with Gasteiger partial charge in [-0.1, -0.05) is 30.3 Å². The van der Waals surface area contributed by atoms with Crippen LogP contribution in [0.1, 0.15) is 30.7 Å². The maximum Gasteiger partial charge on any atom is 0.105 e. The smallest absolute Gasteiger partial charge is 0.105 e. The number of nitrogens with one attached hydrogen (secondary N) is 1. The van der Waals surface area contributed by atoms with Crippen LogP contribution in [0.2, 0.25) is 0 Å². The summed E-state index contributed by atoms with van der Waals surface area (Å²) in [4.78, 5) is 4.27. The Morgan fingerprint density at radius 3 is 2.67 bits per heavy atom. The molecule has 3 rings (SSSR count). The number of hydrogen-bond donors (Lipinski definition) is 2. The number of rotatable bonds is 7. The highest BCUT2D eigenvalue weighted by molar-refractivity contribution is 5.25. The van der Waals surface area contributed by atoms with E-state index in [0.717, 1.165) is 24.4 Å². The number of nitrogens with zero attached hydrogens (tertiary/aromatic N) is 2. The number of aliphatic hydroxyl groups excluding tert-OH is 1. The largest absolute Gasteiger partial charge is 0.394 e. The molecule has 1 saturated carbocycles. The first-order valence-electron chi connectivity index (χ1n) is 7.65. The standard InChI is InChI=1S/C17H23N3O/c1-14-18-10-12-20(14)11-9-17(13-21,19-16-7-8-16)15-5-3-2-4-6-15/h2-6,10,12,16,19,21H,7-9,11,13H2,1H3. The highest BCUT2D eigenvalue weighted by atomic mass is 16.3. The van der Waals surface area contributed by atoms with E-state index in [9.17, 15) is 5.11 Å². The maximum atomic E-state index is 10.1. The topological polar surface area (TPSA) is 50.1 Å². The molecule has 1 aromatic heterocycles. The van der Waals surface area contributed by atoms with Crippen molar-refractivity contribution in [1.82, 2.24) is 14.9 Å². The zero-order valence-electron chi connectivity index (χ0n) is 12.5. The van der Waals surface area contributed by atoms with Gasteiger partial charge in [-0.05, 0) is 31.7 Å². The monoisotopic (exact) mass is 285 g/mol. The van der Waals surface area contributed by atoms with Crippen LogP contribution in [0, 0.1) is 6.92 Å². The average Bonchev–Trinajstić information content (AvgIpc) is 3.25. The van der Waals surface area contributed by atoms with Crippen LogP contribution in [0.25, 0.3) is 0 Å². The Morgan fingerprint density at radius 1 is 1.33 bits per heavy atom. The summed E-state index contributed by atoms with van der Waals surface area (Å²) >= 11 is 0. The van der Waals surface area contributed by atoms with Gasteiger partial charge in [0.1, 0.15) is 5.82 Å². The molecule has 1 aliphatic rings. The summed E-state index contributed by atoms with van der Waals surface area (Å²) < 4.78 is 2.14. The van der Waals surface area contributed by atoms with Gasteiger partial charge in [0, 0.05) is 25.0 Å². The highest BCUT2D eigenvalue weighted by Crippen LogP contribution is 2.31. The first kappa shape index (κ1) is 14.3. The van der Waals surface area contributed by atoms with Gasteiger partial charge in [-0.15, -0.1) is 0 Å². The van der Waals surface area contributed by atoms with Crippen LogP contribution >= 0.6 is 0 Å². The molecule has 4 nitrogen and oxygen atoms in total. The lowest BCUT2D eigenvalue weighted by Gasteiger charge is -2.34. The molecule has 1 unspecified atom stereocenters. The Bertz CT molecular complexity index is 577. The van der Waals surface area contributed by atoms with Gasteiger partial charge < -0.3 is 15.0 Å². The predicted octanol–water partition coefficient (Wildman–Crippen LogP) is 2.22. The van der Waals surface area contributed by atoms with Crippen molar-refractivity contribution in [2.45, 2.75) is 44.3 Å². The molecule has 21 heavy (non-hydrogen) atoms. The van der Waals surface area contributed by atoms with E-state index in [1.54, 1.807) is 0 Å². The van der Waals surface area contributed by atoms with Crippen LogP contribution in [0.4, 0.5) is 0 Å². The first-order chi connectivity index (χ1) is 10.2. The molecule has 0 radical (unpaired) electrons. The first-order valence-corrected chi connectivity index (χ1v) is 7.65. The summed E-state index contributed by atoms with van der Waals surface area (Å²) in [6.45, 7) is 2.97. The van der Waals surface area contributed by atoms with Crippen molar-refractivity contribution in [3.8, 4) is 0 Å². The fourth-order valence-corrected chi connectivity index (χ4v) is 2.84. The van der Waals surface area contributed by atoms with E-state index in [0.29, 0.717) is 6.04 Å². The lowest BCUT2D eigenvalue weighted by Crippen LogP contribution is -2.47. The Balaban J connectivity index is 1.82. The summed E-state index contributed by atoms with van der Waals surface area (Å²) in [5, 5.41) is 13.8. The molecule has 2 N–H and O–H groups in total. The second kappa shape index (κ2) is 6.00. The molecule has 0 bridgehead atoms. The van der Waals surface area contributed by atoms with E-state index >= 15 is 0 Å². The van der Waals surface area contributed by atoms with Crippen LogP contribution < -0.4 is 5.32 Å². The number of aliphatic hydroxyl groups is 1. The quantitative estimate of drug-likeness (QED) is 0.820. The zero-order valence-corrected chi connectivity index (χ0v) is 12.5. The third-order valence-corrected chi connectivity index (χ3v) is 4.36. The van der Waals surface area contributed by atoms with Gasteiger partial charge in [-0.3, -0.25) is 0 Å². The molecule has 0 aliphatic heterocycles. The van der Waals surface area contributed by atoms with Crippen LogP contribution in [0.3, 0.4) is 0 Å². The number of aryl methyl sites for hydroxylation is 2. The fraction of sp³-hybridized carbons (Fsp3) is 0.471. The van der Waals surface area contributed by atoms with E-state index in [-0.39, 0.29) is 12.1 Å². The van der Waals surface area contributed by atoms with Crippen molar-refractivity contribution in [3.63, 3.8) is 0 Å². The Labute approximate surface area is 125 Å². The second-order valence-corrected chi connectivity index (χ2v) is 5.94. The van der Waals surface area contributed by atoms with Gasteiger partial charge >= 0.3 is 0 Å². The number of aromatic nitrogens is 2. The van der Waals surface area contributed by atoms with Gasteiger partial charge in [0.05, 0.1) is 12.1 Å². The second-order valence-electron chi connectivity index (χ2n) is 5.94. The van der Waals surface area contributed by atoms with E-state index in [4.69, 9.17) is 0 Å². The van der Waals surface area contributed by atoms with Crippen LogP contribution in [0.5, 0.6) is 0 Å². The lowest BCUT2D eigenvalue weighted by atomic mass is 9.87. The third-order valence-electron chi connectivity index (χ3n) is 4.36. The molecule has 0 amide bonds. The van der Waals surface area contributed by atoms with Crippen molar-refractivity contribution in [2.24, 2.45) is 0 Å². The fourth-order valence-electron chi connectivity index (χ4n) is 2.84. The molecular weight excluding hydrogens is 262 g/mol. The molecule has 0 saturated heterocycles. The van der Waals surface area contributed by atoms with Crippen molar-refractivity contribution >= 4 is 0 Å². The van der Waals surface area contributed by atoms with Crippen molar-refractivity contribution < 1.29 is 5.11 Å². The van der Waals surface area contributed by atoms with E-state index in [1.165, 1.54) is 12.8 Å². The maximum absolute atomic E-state index is 10.1. The molecule has 0 spiro atoms. The summed E-state index contributed by atoms with van der Waals surface area (Å²) in [6, 6.07) is 10.8. The van der Waals surface area contributed by atoms with Gasteiger partial charge in [0.15, 0.2) is 0 Å². The van der Waals surface area contributed by atoms with Crippen LogP contribution in [-0.2, 0) is 12.1 Å². The molecular formula is C17H23N3O. The van der Waals surface area contributed by atoms with E-state index < -0.39 is 0 Å². The van der Waals surface area contributed by atoms with Crippen molar-refractivity contribution in [2.75, 3.05) is 6.61 Å². The molecule has 1 aliphatic carbocycles. The van der Waals surface area contributed by atoms with Crippen LogP contribution in [0.15, 0.2) is 42.7 Å². The number of benzene rings is 1. The molecule has 1 atom stereocenters. The van der Waals surface area contributed by atoms with Gasteiger partial charge in [0.2, 0.25) is 0 Å². The Hall–Kier alpha value is -1.65. The molecule has 1 fully saturated rings. The number of imidazole rings is 1. The van der Waals surface area contributed by atoms with E-state index in [1.807, 2.05) is 37.5 Å². The zero-order chi connectivity index (χ0) is 14.7. The predicted molar refractivity (Wildman–Crippen MR) is 82.9 cm³/mol. The average molecular weight is 285 g/mol. The minimum Gasteiger partial charge on any atom is -0.394 e. The summed E-state index contributed by atoms with van der Waals surface area (Å²) in [5.41, 5.74) is 0.802. The van der Waals surface area contributed by atoms with Crippen molar-refractivity contribution in [3.05, 3.63) is 54.1 Å².